The van der Waals surface area contributed by atoms with Crippen LogP contribution < -0.4 is 14.8 Å². The van der Waals surface area contributed by atoms with Crippen molar-refractivity contribution in [2.45, 2.75) is 13.5 Å². The molecule has 7 heteroatoms. The number of fused-ring (bicyclic) bond motifs is 1. The van der Waals surface area contributed by atoms with Gasteiger partial charge in [-0.2, -0.15) is 0 Å². The summed E-state index contributed by atoms with van der Waals surface area (Å²) in [5, 5.41) is 2.76. The van der Waals surface area contributed by atoms with Crippen molar-refractivity contribution in [3.63, 3.8) is 0 Å². The van der Waals surface area contributed by atoms with Crippen LogP contribution in [0.5, 0.6) is 11.5 Å². The first-order valence-corrected chi connectivity index (χ1v) is 9.34. The Bertz CT molecular complexity index is 1190. The lowest BCUT2D eigenvalue weighted by Crippen LogP contribution is -2.12. The number of ether oxygens (including phenoxy) is 2. The van der Waals surface area contributed by atoms with E-state index in [-0.39, 0.29) is 12.2 Å². The molecule has 0 saturated heterocycles. The van der Waals surface area contributed by atoms with Gasteiger partial charge in [-0.05, 0) is 48.9 Å². The first-order valence-electron chi connectivity index (χ1n) is 9.34. The van der Waals surface area contributed by atoms with Crippen LogP contribution in [0.3, 0.4) is 0 Å². The highest BCUT2D eigenvalue weighted by Gasteiger charge is 2.12. The largest absolute Gasteiger partial charge is 0.493 e. The summed E-state index contributed by atoms with van der Waals surface area (Å²) in [4.78, 5) is 17.0. The second-order valence-electron chi connectivity index (χ2n) is 6.77. The van der Waals surface area contributed by atoms with Crippen LogP contribution >= 0.6 is 0 Å². The Morgan fingerprint density at radius 1 is 1.13 bits per heavy atom. The molecule has 0 atom stereocenters. The zero-order chi connectivity index (χ0) is 21.1. The van der Waals surface area contributed by atoms with E-state index in [4.69, 9.17) is 9.47 Å². The molecule has 1 N–H and O–H groups in total. The number of amides is 1. The zero-order valence-corrected chi connectivity index (χ0v) is 16.6. The van der Waals surface area contributed by atoms with Crippen LogP contribution in [0.2, 0.25) is 0 Å². The SMILES string of the molecule is COc1ccc(NC(=O)c2ccc(C)c(F)c2)cc1OCc1cn2ccccc2n1. The summed E-state index contributed by atoms with van der Waals surface area (Å²) >= 11 is 0. The minimum absolute atomic E-state index is 0.235. The van der Waals surface area contributed by atoms with E-state index in [1.807, 2.05) is 35.0 Å². The van der Waals surface area contributed by atoms with Gasteiger partial charge in [0.25, 0.3) is 5.91 Å². The number of aryl methyl sites for hydroxylation is 1. The topological polar surface area (TPSA) is 64.9 Å². The number of halogens is 1. The number of pyridine rings is 1. The fourth-order valence-electron chi connectivity index (χ4n) is 3.01. The molecule has 0 saturated carbocycles. The Labute approximate surface area is 172 Å². The molecule has 0 radical (unpaired) electrons. The number of nitrogens with one attached hydrogen (secondary N) is 1. The van der Waals surface area contributed by atoms with E-state index in [0.29, 0.717) is 22.7 Å². The van der Waals surface area contributed by atoms with Gasteiger partial charge in [-0.3, -0.25) is 4.79 Å². The molecule has 2 aromatic carbocycles. The summed E-state index contributed by atoms with van der Waals surface area (Å²) < 4.78 is 26.9. The summed E-state index contributed by atoms with van der Waals surface area (Å²) in [5.41, 5.74) is 2.81. The standard InChI is InChI=1S/C23H20FN3O3/c1-15-6-7-16(11-19(15)24)23(28)26-17-8-9-20(29-2)21(12-17)30-14-18-13-27-10-4-3-5-22(27)25-18/h3-13H,14H2,1-2H3,(H,26,28). The highest BCUT2D eigenvalue weighted by molar-refractivity contribution is 6.04. The molecule has 4 aromatic rings. The monoisotopic (exact) mass is 405 g/mol. The molecule has 0 aliphatic carbocycles. The molecule has 2 aromatic heterocycles. The number of carbonyl (C=O) groups is 1. The number of carbonyl (C=O) groups excluding carboxylic acids is 1. The molecule has 30 heavy (non-hydrogen) atoms. The normalized spacial score (nSPS) is 10.8. The van der Waals surface area contributed by atoms with Crippen LogP contribution in [0.15, 0.2) is 67.0 Å². The summed E-state index contributed by atoms with van der Waals surface area (Å²) in [6.45, 7) is 1.88. The second kappa shape index (κ2) is 8.24. The van der Waals surface area contributed by atoms with Gasteiger partial charge in [-0.1, -0.05) is 12.1 Å². The van der Waals surface area contributed by atoms with E-state index in [1.54, 1.807) is 44.4 Å². The van der Waals surface area contributed by atoms with Crippen molar-refractivity contribution < 1.29 is 18.7 Å². The summed E-state index contributed by atoms with van der Waals surface area (Å²) in [5.74, 6) is 0.153. The number of hydrogen-bond acceptors (Lipinski definition) is 4. The smallest absolute Gasteiger partial charge is 0.255 e. The third kappa shape index (κ3) is 4.10. The third-order valence-corrected chi connectivity index (χ3v) is 4.64. The fourth-order valence-corrected chi connectivity index (χ4v) is 3.01. The van der Waals surface area contributed by atoms with Gasteiger partial charge in [0, 0.05) is 29.7 Å². The lowest BCUT2D eigenvalue weighted by molar-refractivity contribution is 0.102. The maximum atomic E-state index is 13.8. The van der Waals surface area contributed by atoms with Crippen molar-refractivity contribution in [3.05, 3.63) is 89.6 Å². The van der Waals surface area contributed by atoms with Gasteiger partial charge in [0.15, 0.2) is 11.5 Å². The number of hydrogen-bond donors (Lipinski definition) is 1. The molecule has 152 valence electrons. The van der Waals surface area contributed by atoms with Crippen LogP contribution in [-0.4, -0.2) is 22.4 Å². The molecule has 0 unspecified atom stereocenters. The zero-order valence-electron chi connectivity index (χ0n) is 16.6. The van der Waals surface area contributed by atoms with Crippen molar-refractivity contribution in [2.75, 3.05) is 12.4 Å². The van der Waals surface area contributed by atoms with E-state index in [1.165, 1.54) is 6.07 Å². The van der Waals surface area contributed by atoms with Crippen LogP contribution in [0.1, 0.15) is 21.6 Å². The number of anilines is 1. The van der Waals surface area contributed by atoms with Crippen molar-refractivity contribution in [3.8, 4) is 11.5 Å². The molecule has 1 amide bonds. The number of imidazole rings is 1. The maximum Gasteiger partial charge on any atom is 0.255 e. The van der Waals surface area contributed by atoms with E-state index < -0.39 is 11.7 Å². The van der Waals surface area contributed by atoms with E-state index in [2.05, 4.69) is 10.3 Å². The number of benzene rings is 2. The van der Waals surface area contributed by atoms with Crippen molar-refractivity contribution >= 4 is 17.2 Å². The molecule has 6 nitrogen and oxygen atoms in total. The predicted octanol–water partition coefficient (Wildman–Crippen LogP) is 4.62. The Morgan fingerprint density at radius 3 is 2.77 bits per heavy atom. The maximum absolute atomic E-state index is 13.8. The Kier molecular flexibility index (Phi) is 5.34. The minimum Gasteiger partial charge on any atom is -0.493 e. The van der Waals surface area contributed by atoms with Crippen molar-refractivity contribution in [1.29, 1.82) is 0 Å². The minimum atomic E-state index is -0.422. The number of rotatable bonds is 6. The first-order chi connectivity index (χ1) is 14.5. The molecule has 4 rings (SSSR count). The first kappa shape index (κ1) is 19.4. The lowest BCUT2D eigenvalue weighted by atomic mass is 10.1. The summed E-state index contributed by atoms with van der Waals surface area (Å²) in [6, 6.07) is 15.2. The van der Waals surface area contributed by atoms with Crippen LogP contribution in [0.4, 0.5) is 10.1 Å². The molecule has 0 fully saturated rings. The van der Waals surface area contributed by atoms with Gasteiger partial charge in [-0.15, -0.1) is 0 Å². The molecular weight excluding hydrogens is 385 g/mol. The molecular formula is C23H20FN3O3. The van der Waals surface area contributed by atoms with Gasteiger partial charge in [0.05, 0.1) is 12.8 Å². The molecule has 0 bridgehead atoms. The Hall–Kier alpha value is -3.87. The van der Waals surface area contributed by atoms with Crippen LogP contribution in [0, 0.1) is 12.7 Å². The second-order valence-corrected chi connectivity index (χ2v) is 6.77. The van der Waals surface area contributed by atoms with Gasteiger partial charge < -0.3 is 19.2 Å². The highest BCUT2D eigenvalue weighted by atomic mass is 19.1. The molecule has 2 heterocycles. The molecule has 0 spiro atoms. The number of aromatic nitrogens is 2. The van der Waals surface area contributed by atoms with Gasteiger partial charge in [-0.25, -0.2) is 9.37 Å². The van der Waals surface area contributed by atoms with E-state index in [9.17, 15) is 9.18 Å². The molecule has 0 aliphatic rings. The van der Waals surface area contributed by atoms with Crippen molar-refractivity contribution in [2.24, 2.45) is 0 Å². The predicted molar refractivity (Wildman–Crippen MR) is 112 cm³/mol. The molecule has 0 aliphatic heterocycles. The number of methoxy groups -OCH3 is 1. The van der Waals surface area contributed by atoms with Gasteiger partial charge in [0.1, 0.15) is 18.1 Å². The quantitative estimate of drug-likeness (QED) is 0.508. The highest BCUT2D eigenvalue weighted by Crippen LogP contribution is 2.31. The third-order valence-electron chi connectivity index (χ3n) is 4.64. The van der Waals surface area contributed by atoms with Crippen LogP contribution in [0.25, 0.3) is 5.65 Å². The Morgan fingerprint density at radius 2 is 2.00 bits per heavy atom. The van der Waals surface area contributed by atoms with Crippen LogP contribution in [-0.2, 0) is 6.61 Å². The lowest BCUT2D eigenvalue weighted by Gasteiger charge is -2.12. The van der Waals surface area contributed by atoms with Crippen molar-refractivity contribution in [1.82, 2.24) is 9.38 Å². The average molecular weight is 405 g/mol. The van der Waals surface area contributed by atoms with E-state index >= 15 is 0 Å². The van der Waals surface area contributed by atoms with Gasteiger partial charge in [0.2, 0.25) is 0 Å². The van der Waals surface area contributed by atoms with Gasteiger partial charge >= 0.3 is 0 Å². The number of nitrogens with zero attached hydrogens (tertiary/aromatic N) is 2. The van der Waals surface area contributed by atoms with E-state index in [0.717, 1.165) is 11.3 Å². The average Bonchev–Trinajstić information content (AvgIpc) is 3.17. The summed E-state index contributed by atoms with van der Waals surface area (Å²) in [7, 11) is 1.54. The summed E-state index contributed by atoms with van der Waals surface area (Å²) in [6.07, 6.45) is 3.80. The Balaban J connectivity index is 1.51. The fraction of sp³-hybridized carbons (Fsp3) is 0.130.